The zero-order valence-electron chi connectivity index (χ0n) is 31.2. The predicted octanol–water partition coefficient (Wildman–Crippen LogP) is 14.0. The third kappa shape index (κ3) is 5.15. The quantitative estimate of drug-likeness (QED) is 0.156. The second-order valence-electron chi connectivity index (χ2n) is 16.2. The Balaban J connectivity index is 1.06. The summed E-state index contributed by atoms with van der Waals surface area (Å²) in [7, 11) is 0. The number of anilines is 6. The van der Waals surface area contributed by atoms with Gasteiger partial charge in [-0.05, 0) is 131 Å². The van der Waals surface area contributed by atoms with E-state index in [1.165, 1.54) is 93.2 Å². The minimum absolute atomic E-state index is 0.0134. The van der Waals surface area contributed by atoms with Crippen molar-refractivity contribution in [2.75, 3.05) is 9.80 Å². The van der Waals surface area contributed by atoms with Crippen LogP contribution < -0.4 is 9.80 Å². The lowest BCUT2D eigenvalue weighted by Crippen LogP contribution is -2.34. The predicted molar refractivity (Wildman–Crippen MR) is 226 cm³/mol. The summed E-state index contributed by atoms with van der Waals surface area (Å²) in [6.07, 6.45) is 5.21. The molecule has 0 N–H and O–H groups in total. The average Bonchev–Trinajstić information content (AvgIpc) is 3.92. The molecule has 3 atom stereocenters. The van der Waals surface area contributed by atoms with Gasteiger partial charge in [0, 0.05) is 39.3 Å². The normalized spacial score (nSPS) is 20.3. The Morgan fingerprint density at radius 3 is 1.46 bits per heavy atom. The van der Waals surface area contributed by atoms with Crippen molar-refractivity contribution in [3.8, 4) is 11.1 Å². The molecular formula is C52H46N2. The molecule has 2 fully saturated rings. The Hall–Kier alpha value is -5.86. The van der Waals surface area contributed by atoms with Crippen LogP contribution in [0.25, 0.3) is 11.1 Å². The number of hydrogen-bond donors (Lipinski definition) is 0. The second-order valence-corrected chi connectivity index (χ2v) is 16.2. The lowest BCUT2D eigenvalue weighted by atomic mass is 9.64. The zero-order valence-corrected chi connectivity index (χ0v) is 31.2. The van der Waals surface area contributed by atoms with E-state index < -0.39 is 0 Å². The first-order chi connectivity index (χ1) is 26.5. The Morgan fingerprint density at radius 1 is 0.444 bits per heavy atom. The summed E-state index contributed by atoms with van der Waals surface area (Å²) in [6, 6.07) is 67.5. The SMILES string of the molecule is CC1(C)c2ccccc2-c2cccc(N(c3ccccc3)c3ccc(C4(c5ccc(N(c6ccccc6)c6ccccc6)cc5)CC5CCC4C5)cc3)c21. The molecule has 7 aromatic rings. The van der Waals surface area contributed by atoms with Gasteiger partial charge >= 0.3 is 0 Å². The van der Waals surface area contributed by atoms with E-state index in [0.29, 0.717) is 5.92 Å². The van der Waals surface area contributed by atoms with Gasteiger partial charge in [-0.3, -0.25) is 0 Å². The molecule has 2 bridgehead atoms. The fourth-order valence-electron chi connectivity index (χ4n) is 10.6. The van der Waals surface area contributed by atoms with Crippen molar-refractivity contribution in [1.82, 2.24) is 0 Å². The molecule has 0 amide bonds. The van der Waals surface area contributed by atoms with Crippen LogP contribution in [0.1, 0.15) is 61.8 Å². The smallest absolute Gasteiger partial charge is 0.0508 e. The summed E-state index contributed by atoms with van der Waals surface area (Å²) < 4.78 is 0. The van der Waals surface area contributed by atoms with Crippen LogP contribution in [0.2, 0.25) is 0 Å². The molecule has 2 nitrogen and oxygen atoms in total. The summed E-state index contributed by atoms with van der Waals surface area (Å²) in [6.45, 7) is 4.77. The standard InChI is InChI=1S/C52H46N2/c1-51(2)48-23-13-12-21-46(48)47-22-14-24-49(50(47)51)54(43-19-10-5-11-20-43)45-33-29-39(30-34-45)52(36-37-25-26-40(52)35-37)38-27-31-44(32-28-38)53(41-15-6-3-7-16-41)42-17-8-4-9-18-42/h3-24,27-34,37,40H,25-26,35-36H2,1-2H3. The number of rotatable bonds is 8. The molecule has 0 radical (unpaired) electrons. The molecule has 2 saturated carbocycles. The van der Waals surface area contributed by atoms with E-state index in [4.69, 9.17) is 0 Å². The van der Waals surface area contributed by atoms with E-state index >= 15 is 0 Å². The number of hydrogen-bond acceptors (Lipinski definition) is 2. The first-order valence-electron chi connectivity index (χ1n) is 19.7. The molecule has 3 aliphatic carbocycles. The van der Waals surface area contributed by atoms with E-state index in [9.17, 15) is 0 Å². The van der Waals surface area contributed by atoms with Gasteiger partial charge in [0.25, 0.3) is 0 Å². The van der Waals surface area contributed by atoms with Gasteiger partial charge in [-0.1, -0.05) is 136 Å². The first-order valence-corrected chi connectivity index (χ1v) is 19.7. The molecule has 264 valence electrons. The van der Waals surface area contributed by atoms with Gasteiger partial charge in [-0.15, -0.1) is 0 Å². The van der Waals surface area contributed by atoms with Crippen LogP contribution >= 0.6 is 0 Å². The highest BCUT2D eigenvalue weighted by atomic mass is 15.1. The summed E-state index contributed by atoms with van der Waals surface area (Å²) in [5.74, 6) is 1.44. The maximum Gasteiger partial charge on any atom is 0.0508 e. The number of nitrogens with zero attached hydrogens (tertiary/aromatic N) is 2. The molecule has 0 aromatic heterocycles. The molecule has 3 aliphatic rings. The Kier molecular flexibility index (Phi) is 7.84. The van der Waals surface area contributed by atoms with E-state index in [1.807, 2.05) is 0 Å². The van der Waals surface area contributed by atoms with Crippen LogP contribution in [0.15, 0.2) is 182 Å². The summed E-state index contributed by atoms with van der Waals surface area (Å²) in [5, 5.41) is 0. The van der Waals surface area contributed by atoms with Gasteiger partial charge in [-0.25, -0.2) is 0 Å². The highest BCUT2D eigenvalue weighted by molar-refractivity contribution is 5.90. The molecule has 0 spiro atoms. The van der Waals surface area contributed by atoms with Gasteiger partial charge in [-0.2, -0.15) is 0 Å². The van der Waals surface area contributed by atoms with Crippen LogP contribution in [0.3, 0.4) is 0 Å². The maximum absolute atomic E-state index is 2.49. The van der Waals surface area contributed by atoms with E-state index in [-0.39, 0.29) is 10.8 Å². The molecule has 3 unspecified atom stereocenters. The molecule has 54 heavy (non-hydrogen) atoms. The molecule has 7 aromatic carbocycles. The summed E-state index contributed by atoms with van der Waals surface area (Å²) >= 11 is 0. The topological polar surface area (TPSA) is 6.48 Å². The molecule has 0 saturated heterocycles. The number of benzene rings is 7. The summed E-state index contributed by atoms with van der Waals surface area (Å²) in [5.41, 5.74) is 15.4. The highest BCUT2D eigenvalue weighted by Gasteiger charge is 2.52. The fourth-order valence-corrected chi connectivity index (χ4v) is 10.6. The highest BCUT2D eigenvalue weighted by Crippen LogP contribution is 2.61. The first kappa shape index (κ1) is 32.8. The molecule has 0 heterocycles. The van der Waals surface area contributed by atoms with Gasteiger partial charge in [0.1, 0.15) is 0 Å². The van der Waals surface area contributed by atoms with E-state index in [2.05, 4.69) is 206 Å². The van der Waals surface area contributed by atoms with Gasteiger partial charge < -0.3 is 9.80 Å². The fraction of sp³-hybridized carbons (Fsp3) is 0.192. The van der Waals surface area contributed by atoms with Crippen LogP contribution in [0.5, 0.6) is 0 Å². The Labute approximate surface area is 320 Å². The maximum atomic E-state index is 2.49. The Bertz CT molecular complexity index is 2380. The second kappa shape index (κ2) is 12.9. The van der Waals surface area contributed by atoms with Crippen molar-refractivity contribution in [2.24, 2.45) is 11.8 Å². The minimum atomic E-state index is -0.120. The van der Waals surface area contributed by atoms with Crippen LogP contribution in [-0.2, 0) is 10.8 Å². The van der Waals surface area contributed by atoms with Crippen molar-refractivity contribution >= 4 is 34.1 Å². The van der Waals surface area contributed by atoms with Crippen molar-refractivity contribution in [2.45, 2.75) is 50.4 Å². The minimum Gasteiger partial charge on any atom is -0.311 e. The van der Waals surface area contributed by atoms with Crippen molar-refractivity contribution < 1.29 is 0 Å². The molecular weight excluding hydrogens is 653 g/mol. The molecule has 2 heteroatoms. The summed E-state index contributed by atoms with van der Waals surface area (Å²) in [4.78, 5) is 4.85. The van der Waals surface area contributed by atoms with E-state index in [0.717, 1.165) is 5.92 Å². The van der Waals surface area contributed by atoms with Crippen LogP contribution in [0, 0.1) is 11.8 Å². The third-order valence-corrected chi connectivity index (χ3v) is 13.0. The van der Waals surface area contributed by atoms with Crippen molar-refractivity contribution in [3.63, 3.8) is 0 Å². The number of fused-ring (bicyclic) bond motifs is 5. The third-order valence-electron chi connectivity index (χ3n) is 13.0. The van der Waals surface area contributed by atoms with Crippen LogP contribution in [-0.4, -0.2) is 0 Å². The number of para-hydroxylation sites is 3. The van der Waals surface area contributed by atoms with E-state index in [1.54, 1.807) is 0 Å². The van der Waals surface area contributed by atoms with Crippen molar-refractivity contribution in [1.29, 1.82) is 0 Å². The lowest BCUT2D eigenvalue weighted by Gasteiger charge is -2.40. The molecule has 0 aliphatic heterocycles. The zero-order chi connectivity index (χ0) is 36.3. The van der Waals surface area contributed by atoms with Crippen LogP contribution in [0.4, 0.5) is 34.1 Å². The van der Waals surface area contributed by atoms with Gasteiger partial charge in [0.15, 0.2) is 0 Å². The largest absolute Gasteiger partial charge is 0.311 e. The lowest BCUT2D eigenvalue weighted by molar-refractivity contribution is 0.320. The van der Waals surface area contributed by atoms with Gasteiger partial charge in [0.2, 0.25) is 0 Å². The monoisotopic (exact) mass is 698 g/mol. The van der Waals surface area contributed by atoms with Gasteiger partial charge in [0.05, 0.1) is 5.69 Å². The Morgan fingerprint density at radius 2 is 0.926 bits per heavy atom. The average molecular weight is 699 g/mol. The van der Waals surface area contributed by atoms with Crippen molar-refractivity contribution in [3.05, 3.63) is 204 Å². The molecule has 10 rings (SSSR count).